The SMILES string of the molecule is O=C(OCc1ccccc1)N1CC(CI)C(F)(F)C1=O. The Morgan fingerprint density at radius 1 is 1.40 bits per heavy atom. The number of imide groups is 1. The molecule has 1 atom stereocenters. The second-order valence-electron chi connectivity index (χ2n) is 4.43. The van der Waals surface area contributed by atoms with Crippen molar-refractivity contribution in [2.75, 3.05) is 11.0 Å². The van der Waals surface area contributed by atoms with E-state index in [9.17, 15) is 18.4 Å². The van der Waals surface area contributed by atoms with Gasteiger partial charge in [-0.1, -0.05) is 52.9 Å². The number of ether oxygens (including phenoxy) is 1. The average Bonchev–Trinajstić information content (AvgIpc) is 2.68. The second kappa shape index (κ2) is 6.02. The number of halogens is 3. The standard InChI is InChI=1S/C13H12F2INO3/c14-13(15)10(6-16)7-17(11(13)18)12(19)20-8-9-4-2-1-3-5-9/h1-5,10H,6-8H2. The van der Waals surface area contributed by atoms with Gasteiger partial charge in [0, 0.05) is 11.0 Å². The lowest BCUT2D eigenvalue weighted by Crippen LogP contribution is -2.38. The zero-order chi connectivity index (χ0) is 14.8. The maximum absolute atomic E-state index is 13.6. The molecular formula is C13H12F2INO3. The molecule has 108 valence electrons. The third-order valence-electron chi connectivity index (χ3n) is 3.06. The summed E-state index contributed by atoms with van der Waals surface area (Å²) in [6.45, 7) is -0.355. The highest BCUT2D eigenvalue weighted by Crippen LogP contribution is 2.35. The van der Waals surface area contributed by atoms with Gasteiger partial charge in [0.1, 0.15) is 6.61 Å². The fraction of sp³-hybridized carbons (Fsp3) is 0.385. The number of hydrogen-bond donors (Lipinski definition) is 0. The Labute approximate surface area is 128 Å². The zero-order valence-corrected chi connectivity index (χ0v) is 12.5. The van der Waals surface area contributed by atoms with Crippen molar-refractivity contribution in [3.05, 3.63) is 35.9 Å². The number of carbonyl (C=O) groups excluding carboxylic acids is 2. The maximum atomic E-state index is 13.6. The van der Waals surface area contributed by atoms with Crippen molar-refractivity contribution in [2.24, 2.45) is 5.92 Å². The van der Waals surface area contributed by atoms with Crippen LogP contribution in [0.5, 0.6) is 0 Å². The quantitative estimate of drug-likeness (QED) is 0.584. The minimum absolute atomic E-state index is 0.0517. The van der Waals surface area contributed by atoms with Crippen molar-refractivity contribution in [3.8, 4) is 0 Å². The molecule has 1 saturated heterocycles. The molecule has 7 heteroatoms. The molecule has 2 rings (SSSR count). The van der Waals surface area contributed by atoms with Gasteiger partial charge in [0.25, 0.3) is 0 Å². The number of alkyl halides is 3. The van der Waals surface area contributed by atoms with Crippen LogP contribution in [0.2, 0.25) is 0 Å². The van der Waals surface area contributed by atoms with Crippen LogP contribution in [0.3, 0.4) is 0 Å². The van der Waals surface area contributed by atoms with Crippen LogP contribution in [0.4, 0.5) is 13.6 Å². The predicted octanol–water partition coefficient (Wildman–Crippen LogP) is 2.85. The summed E-state index contributed by atoms with van der Waals surface area (Å²) in [5, 5.41) is 0. The summed E-state index contributed by atoms with van der Waals surface area (Å²) in [5.74, 6) is -6.12. The Bertz CT molecular complexity index is 510. The highest BCUT2D eigenvalue weighted by Gasteiger charge is 2.57. The lowest BCUT2D eigenvalue weighted by atomic mass is 10.1. The highest BCUT2D eigenvalue weighted by atomic mass is 127. The van der Waals surface area contributed by atoms with Crippen LogP contribution in [0.1, 0.15) is 5.56 Å². The van der Waals surface area contributed by atoms with Crippen LogP contribution in [0.25, 0.3) is 0 Å². The normalized spacial score (nSPS) is 21.1. The van der Waals surface area contributed by atoms with Crippen molar-refractivity contribution in [2.45, 2.75) is 12.5 Å². The lowest BCUT2D eigenvalue weighted by molar-refractivity contribution is -0.149. The summed E-state index contributed by atoms with van der Waals surface area (Å²) in [5.41, 5.74) is 0.727. The average molecular weight is 395 g/mol. The molecule has 0 saturated carbocycles. The van der Waals surface area contributed by atoms with Crippen molar-refractivity contribution in [3.63, 3.8) is 0 Å². The molecule has 1 aliphatic rings. The Kier molecular flexibility index (Phi) is 4.56. The molecule has 2 amide bonds. The van der Waals surface area contributed by atoms with E-state index in [0.717, 1.165) is 5.56 Å². The summed E-state index contributed by atoms with van der Waals surface area (Å²) < 4.78 is 32.1. The van der Waals surface area contributed by atoms with Gasteiger partial charge in [-0.3, -0.25) is 4.79 Å². The lowest BCUT2D eigenvalue weighted by Gasteiger charge is -2.14. The summed E-state index contributed by atoms with van der Waals surface area (Å²) >= 11 is 1.78. The number of amides is 2. The van der Waals surface area contributed by atoms with Crippen LogP contribution in [0, 0.1) is 5.92 Å². The number of nitrogens with zero attached hydrogens (tertiary/aromatic N) is 1. The Morgan fingerprint density at radius 2 is 2.05 bits per heavy atom. The molecule has 4 nitrogen and oxygen atoms in total. The molecule has 1 heterocycles. The molecule has 0 aliphatic carbocycles. The molecule has 0 spiro atoms. The van der Waals surface area contributed by atoms with Crippen LogP contribution < -0.4 is 0 Å². The van der Waals surface area contributed by atoms with Crippen LogP contribution >= 0.6 is 22.6 Å². The molecule has 0 radical (unpaired) electrons. The van der Waals surface area contributed by atoms with Crippen molar-refractivity contribution < 1.29 is 23.1 Å². The van der Waals surface area contributed by atoms with Crippen molar-refractivity contribution >= 4 is 34.6 Å². The Hall–Kier alpha value is -1.25. The van der Waals surface area contributed by atoms with E-state index in [4.69, 9.17) is 4.74 Å². The number of rotatable bonds is 3. The van der Waals surface area contributed by atoms with E-state index < -0.39 is 23.8 Å². The summed E-state index contributed by atoms with van der Waals surface area (Å²) in [6, 6.07) is 8.82. The van der Waals surface area contributed by atoms with Gasteiger partial charge in [0.05, 0.1) is 5.92 Å². The van der Waals surface area contributed by atoms with E-state index in [1.165, 1.54) is 0 Å². The Morgan fingerprint density at radius 3 is 2.60 bits per heavy atom. The van der Waals surface area contributed by atoms with Crippen LogP contribution in [-0.2, 0) is 16.1 Å². The van der Waals surface area contributed by atoms with Gasteiger partial charge in [-0.25, -0.2) is 9.69 Å². The highest BCUT2D eigenvalue weighted by molar-refractivity contribution is 14.1. The minimum Gasteiger partial charge on any atom is -0.444 e. The molecule has 0 N–H and O–H groups in total. The van der Waals surface area contributed by atoms with E-state index in [0.29, 0.717) is 4.90 Å². The first-order valence-corrected chi connectivity index (χ1v) is 7.45. The summed E-state index contributed by atoms with van der Waals surface area (Å²) in [4.78, 5) is 23.7. The molecule has 0 aromatic heterocycles. The largest absolute Gasteiger partial charge is 0.444 e. The van der Waals surface area contributed by atoms with Gasteiger partial charge in [-0.15, -0.1) is 0 Å². The van der Waals surface area contributed by atoms with E-state index >= 15 is 0 Å². The zero-order valence-electron chi connectivity index (χ0n) is 10.4. The fourth-order valence-electron chi connectivity index (χ4n) is 1.87. The van der Waals surface area contributed by atoms with Gasteiger partial charge in [-0.2, -0.15) is 8.78 Å². The maximum Gasteiger partial charge on any atom is 0.417 e. The first-order chi connectivity index (χ1) is 9.46. The van der Waals surface area contributed by atoms with Gasteiger partial charge < -0.3 is 4.74 Å². The van der Waals surface area contributed by atoms with Gasteiger partial charge in [-0.05, 0) is 5.56 Å². The monoisotopic (exact) mass is 395 g/mol. The fourth-order valence-corrected chi connectivity index (χ4v) is 2.70. The van der Waals surface area contributed by atoms with Crippen LogP contribution in [0.15, 0.2) is 30.3 Å². The van der Waals surface area contributed by atoms with Gasteiger partial charge in [0.15, 0.2) is 0 Å². The first-order valence-electron chi connectivity index (χ1n) is 5.93. The van der Waals surface area contributed by atoms with E-state index in [-0.39, 0.29) is 17.6 Å². The van der Waals surface area contributed by atoms with E-state index in [1.54, 1.807) is 52.9 Å². The van der Waals surface area contributed by atoms with E-state index in [2.05, 4.69) is 0 Å². The Balaban J connectivity index is 1.98. The molecule has 1 aromatic rings. The van der Waals surface area contributed by atoms with Crippen molar-refractivity contribution in [1.29, 1.82) is 0 Å². The van der Waals surface area contributed by atoms with Crippen LogP contribution in [-0.4, -0.2) is 33.8 Å². The minimum atomic E-state index is -3.49. The number of benzene rings is 1. The topological polar surface area (TPSA) is 46.6 Å². The van der Waals surface area contributed by atoms with Crippen molar-refractivity contribution in [1.82, 2.24) is 4.90 Å². The number of likely N-dealkylation sites (tertiary alicyclic amines) is 1. The number of hydrogen-bond acceptors (Lipinski definition) is 3. The molecule has 0 bridgehead atoms. The van der Waals surface area contributed by atoms with E-state index in [1.807, 2.05) is 0 Å². The summed E-state index contributed by atoms with van der Waals surface area (Å²) in [7, 11) is 0. The molecule has 1 aromatic carbocycles. The predicted molar refractivity (Wildman–Crippen MR) is 75.7 cm³/mol. The summed E-state index contributed by atoms with van der Waals surface area (Å²) in [6.07, 6.45) is -1.02. The third kappa shape index (κ3) is 2.92. The molecule has 1 aliphatic heterocycles. The van der Waals surface area contributed by atoms with Gasteiger partial charge in [0.2, 0.25) is 0 Å². The molecule has 1 unspecified atom stereocenters. The molecule has 20 heavy (non-hydrogen) atoms. The molecule has 1 fully saturated rings. The second-order valence-corrected chi connectivity index (χ2v) is 5.31. The smallest absolute Gasteiger partial charge is 0.417 e. The molecular weight excluding hydrogens is 383 g/mol. The van der Waals surface area contributed by atoms with Gasteiger partial charge >= 0.3 is 17.9 Å². The number of carbonyl (C=O) groups is 2. The third-order valence-corrected chi connectivity index (χ3v) is 4.12. The first kappa shape index (κ1) is 15.1.